The SMILES string of the molecule is COc1cc2c(cc1OC)CN(C(=O)C(C)NC(CCc1ccccc1)C(=O)OCCSCCO[N+](=O)[O-])C(C(=O)O)C2. The van der Waals surface area contributed by atoms with E-state index in [1.54, 1.807) is 19.1 Å². The monoisotopic (exact) mass is 619 g/mol. The second-order valence-corrected chi connectivity index (χ2v) is 11.0. The highest BCUT2D eigenvalue weighted by atomic mass is 32.2. The van der Waals surface area contributed by atoms with Crippen LogP contribution in [0.4, 0.5) is 0 Å². The van der Waals surface area contributed by atoms with E-state index < -0.39 is 41.1 Å². The van der Waals surface area contributed by atoms with E-state index in [0.717, 1.165) is 16.7 Å². The largest absolute Gasteiger partial charge is 0.493 e. The van der Waals surface area contributed by atoms with Crippen molar-refractivity contribution < 1.29 is 43.6 Å². The fourth-order valence-electron chi connectivity index (χ4n) is 4.79. The molecule has 0 spiro atoms. The number of fused-ring (bicyclic) bond motifs is 1. The maximum absolute atomic E-state index is 13.7. The molecule has 0 saturated heterocycles. The summed E-state index contributed by atoms with van der Waals surface area (Å²) in [5.41, 5.74) is 2.50. The van der Waals surface area contributed by atoms with Crippen molar-refractivity contribution in [2.45, 2.75) is 50.9 Å². The number of rotatable bonds is 17. The van der Waals surface area contributed by atoms with Gasteiger partial charge in [0.05, 0.1) is 20.3 Å². The first kappa shape index (κ1) is 33.5. The van der Waals surface area contributed by atoms with E-state index in [-0.39, 0.29) is 26.2 Å². The van der Waals surface area contributed by atoms with Gasteiger partial charge in [0.25, 0.3) is 5.09 Å². The van der Waals surface area contributed by atoms with Gasteiger partial charge in [0.1, 0.15) is 25.3 Å². The average molecular weight is 620 g/mol. The number of nitrogens with zero attached hydrogens (tertiary/aromatic N) is 2. The van der Waals surface area contributed by atoms with E-state index in [1.165, 1.54) is 30.9 Å². The van der Waals surface area contributed by atoms with Gasteiger partial charge in [-0.3, -0.25) is 14.9 Å². The van der Waals surface area contributed by atoms with Crippen LogP contribution < -0.4 is 14.8 Å². The van der Waals surface area contributed by atoms with Crippen LogP contribution in [0.5, 0.6) is 11.5 Å². The van der Waals surface area contributed by atoms with Gasteiger partial charge in [-0.2, -0.15) is 11.8 Å². The Morgan fingerprint density at radius 2 is 1.74 bits per heavy atom. The first-order valence-corrected chi connectivity index (χ1v) is 14.9. The third-order valence-electron chi connectivity index (χ3n) is 6.97. The second kappa shape index (κ2) is 16.6. The van der Waals surface area contributed by atoms with Crippen LogP contribution in [0.25, 0.3) is 0 Å². The van der Waals surface area contributed by atoms with E-state index >= 15 is 0 Å². The van der Waals surface area contributed by atoms with Crippen molar-refractivity contribution in [3.63, 3.8) is 0 Å². The molecule has 1 aliphatic rings. The van der Waals surface area contributed by atoms with Crippen LogP contribution in [0.15, 0.2) is 42.5 Å². The number of esters is 1. The Balaban J connectivity index is 1.69. The molecular formula is C29H37N3O10S. The second-order valence-electron chi connectivity index (χ2n) is 9.80. The number of carboxylic acid groups (broad SMARTS) is 1. The molecule has 0 fully saturated rings. The van der Waals surface area contributed by atoms with Crippen molar-refractivity contribution in [1.82, 2.24) is 10.2 Å². The molecule has 0 radical (unpaired) electrons. The summed E-state index contributed by atoms with van der Waals surface area (Å²) < 4.78 is 16.2. The molecule has 234 valence electrons. The highest BCUT2D eigenvalue weighted by Crippen LogP contribution is 2.35. The molecule has 1 amide bonds. The number of thioether (sulfide) groups is 1. The molecule has 3 rings (SSSR count). The van der Waals surface area contributed by atoms with Crippen LogP contribution in [0.1, 0.15) is 30.0 Å². The molecule has 0 aliphatic carbocycles. The van der Waals surface area contributed by atoms with Crippen molar-refractivity contribution in [2.75, 3.05) is 38.9 Å². The third kappa shape index (κ3) is 9.75. The van der Waals surface area contributed by atoms with Crippen LogP contribution in [-0.2, 0) is 43.3 Å². The lowest BCUT2D eigenvalue weighted by molar-refractivity contribution is -0.756. The number of methoxy groups -OCH3 is 2. The van der Waals surface area contributed by atoms with E-state index in [9.17, 15) is 29.6 Å². The Labute approximate surface area is 253 Å². The van der Waals surface area contributed by atoms with E-state index in [2.05, 4.69) is 10.2 Å². The molecule has 0 saturated carbocycles. The number of benzene rings is 2. The van der Waals surface area contributed by atoms with Gasteiger partial charge in [0.15, 0.2) is 11.5 Å². The van der Waals surface area contributed by atoms with Gasteiger partial charge in [-0.05, 0) is 48.6 Å². The maximum atomic E-state index is 13.7. The topological polar surface area (TPSA) is 167 Å². The van der Waals surface area contributed by atoms with Gasteiger partial charge in [0.2, 0.25) is 5.91 Å². The zero-order valence-corrected chi connectivity index (χ0v) is 25.2. The van der Waals surface area contributed by atoms with E-state index in [4.69, 9.17) is 14.2 Å². The number of aryl methyl sites for hydroxylation is 1. The number of nitrogens with one attached hydrogen (secondary N) is 1. The summed E-state index contributed by atoms with van der Waals surface area (Å²) in [5, 5.41) is 22.4. The molecule has 3 atom stereocenters. The van der Waals surface area contributed by atoms with Crippen LogP contribution >= 0.6 is 11.8 Å². The highest BCUT2D eigenvalue weighted by Gasteiger charge is 2.38. The Bertz CT molecular complexity index is 1260. The minimum absolute atomic E-state index is 0.0496. The summed E-state index contributed by atoms with van der Waals surface area (Å²) in [5.74, 6) is -0.428. The molecule has 0 bridgehead atoms. The van der Waals surface area contributed by atoms with Crippen LogP contribution in [0.2, 0.25) is 0 Å². The zero-order valence-electron chi connectivity index (χ0n) is 24.4. The van der Waals surface area contributed by atoms with Crippen molar-refractivity contribution in [1.29, 1.82) is 0 Å². The predicted molar refractivity (Wildman–Crippen MR) is 158 cm³/mol. The van der Waals surface area contributed by atoms with Crippen LogP contribution in [-0.4, -0.2) is 90.0 Å². The normalized spacial score (nSPS) is 15.5. The number of carbonyl (C=O) groups is 3. The van der Waals surface area contributed by atoms with Crippen molar-refractivity contribution >= 4 is 29.6 Å². The lowest BCUT2D eigenvalue weighted by Crippen LogP contribution is -2.56. The average Bonchev–Trinajstić information content (AvgIpc) is 3.00. The third-order valence-corrected chi connectivity index (χ3v) is 7.88. The predicted octanol–water partition coefficient (Wildman–Crippen LogP) is 2.51. The quantitative estimate of drug-likeness (QED) is 0.115. The van der Waals surface area contributed by atoms with Gasteiger partial charge >= 0.3 is 11.9 Å². The first-order valence-electron chi connectivity index (χ1n) is 13.7. The van der Waals surface area contributed by atoms with Gasteiger partial charge in [-0.15, -0.1) is 10.1 Å². The summed E-state index contributed by atoms with van der Waals surface area (Å²) in [6, 6.07) is 10.2. The molecular weight excluding hydrogens is 582 g/mol. The summed E-state index contributed by atoms with van der Waals surface area (Å²) in [6.07, 6.45) is 0.970. The highest BCUT2D eigenvalue weighted by molar-refractivity contribution is 7.99. The summed E-state index contributed by atoms with van der Waals surface area (Å²) >= 11 is 1.34. The number of hydrogen-bond acceptors (Lipinski definition) is 11. The molecule has 13 nitrogen and oxygen atoms in total. The van der Waals surface area contributed by atoms with Gasteiger partial charge < -0.3 is 29.1 Å². The smallest absolute Gasteiger partial charge is 0.326 e. The molecule has 3 unspecified atom stereocenters. The molecule has 2 N–H and O–H groups in total. The number of amides is 1. The van der Waals surface area contributed by atoms with Crippen LogP contribution in [0.3, 0.4) is 0 Å². The number of aliphatic carboxylic acids is 1. The maximum Gasteiger partial charge on any atom is 0.326 e. The van der Waals surface area contributed by atoms with Crippen molar-refractivity contribution in [3.05, 3.63) is 69.3 Å². The van der Waals surface area contributed by atoms with Gasteiger partial charge in [-0.1, -0.05) is 30.3 Å². The Morgan fingerprint density at radius 3 is 2.37 bits per heavy atom. The van der Waals surface area contributed by atoms with Gasteiger partial charge in [-0.25, -0.2) is 4.79 Å². The van der Waals surface area contributed by atoms with E-state index in [1.807, 2.05) is 30.3 Å². The minimum atomic E-state index is -1.14. The summed E-state index contributed by atoms with van der Waals surface area (Å²) in [4.78, 5) is 54.8. The van der Waals surface area contributed by atoms with E-state index in [0.29, 0.717) is 35.8 Å². The molecule has 2 aromatic carbocycles. The number of ether oxygens (including phenoxy) is 3. The zero-order chi connectivity index (χ0) is 31.4. The summed E-state index contributed by atoms with van der Waals surface area (Å²) in [6.45, 7) is 1.65. The van der Waals surface area contributed by atoms with Crippen molar-refractivity contribution in [3.8, 4) is 11.5 Å². The molecule has 14 heteroatoms. The number of hydrogen-bond donors (Lipinski definition) is 2. The molecule has 0 aromatic heterocycles. The lowest BCUT2D eigenvalue weighted by atomic mass is 9.92. The van der Waals surface area contributed by atoms with Gasteiger partial charge in [0, 0.05) is 24.5 Å². The summed E-state index contributed by atoms with van der Waals surface area (Å²) in [7, 11) is 3.00. The standard InChI is InChI=1S/C29H37N3O10S/c1-19(27(33)31-18-22-17-26(40-3)25(39-2)16-21(22)15-24(31)28(34)35)30-23(10-9-20-7-5-4-6-8-20)29(36)41-11-13-43-14-12-42-32(37)38/h4-8,16-17,19,23-24,30H,9-15,18H2,1-3H3,(H,34,35). The molecule has 43 heavy (non-hydrogen) atoms. The fourth-order valence-corrected chi connectivity index (χ4v) is 5.38. The fraction of sp³-hybridized carbons (Fsp3) is 0.483. The Hall–Kier alpha value is -4.04. The molecule has 2 aromatic rings. The minimum Gasteiger partial charge on any atom is -0.493 e. The number of carboxylic acids is 1. The molecule has 1 aliphatic heterocycles. The number of carbonyl (C=O) groups excluding carboxylic acids is 2. The van der Waals surface area contributed by atoms with Crippen LogP contribution in [0, 0.1) is 10.1 Å². The lowest BCUT2D eigenvalue weighted by Gasteiger charge is -2.37. The first-order chi connectivity index (χ1) is 20.6. The Kier molecular flexibility index (Phi) is 12.9. The molecule has 1 heterocycles. The van der Waals surface area contributed by atoms with Crippen molar-refractivity contribution in [2.24, 2.45) is 0 Å². The Morgan fingerprint density at radius 1 is 1.09 bits per heavy atom.